The van der Waals surface area contributed by atoms with Gasteiger partial charge in [0.1, 0.15) is 0 Å². The topological polar surface area (TPSA) is 56.3 Å². The largest absolute Gasteiger partial charge is 0.465 e. The normalized spacial score (nSPS) is 11.9. The lowest BCUT2D eigenvalue weighted by molar-refractivity contribution is -0.141. The molecule has 1 rings (SSSR count). The van der Waals surface area contributed by atoms with Crippen LogP contribution in [0.1, 0.15) is 17.3 Å². The molecule has 0 fully saturated rings. The lowest BCUT2D eigenvalue weighted by Crippen LogP contribution is -2.27. The molecule has 0 spiro atoms. The molecule has 1 atom stereocenters. The number of aromatic nitrogens is 1. The van der Waals surface area contributed by atoms with Gasteiger partial charge >= 0.3 is 5.97 Å². The van der Waals surface area contributed by atoms with Gasteiger partial charge in [-0.15, -0.1) is 0 Å². The van der Waals surface area contributed by atoms with Crippen LogP contribution in [0.2, 0.25) is 0 Å². The van der Waals surface area contributed by atoms with Gasteiger partial charge in [-0.1, -0.05) is 15.9 Å². The average Bonchev–Trinajstić information content (AvgIpc) is 2.28. The maximum Gasteiger partial charge on any atom is 0.327 e. The van der Waals surface area contributed by atoms with E-state index in [0.717, 1.165) is 6.20 Å². The number of esters is 1. The van der Waals surface area contributed by atoms with Gasteiger partial charge in [-0.25, -0.2) is 4.39 Å². The second-order valence-corrected chi connectivity index (χ2v) is 3.75. The summed E-state index contributed by atoms with van der Waals surface area (Å²) in [6.07, 6.45) is 2.19. The highest BCUT2D eigenvalue weighted by atomic mass is 79.9. The number of alkyl halides is 1. The molecule has 0 aromatic carbocycles. The van der Waals surface area contributed by atoms with Gasteiger partial charge < -0.3 is 4.74 Å². The lowest BCUT2D eigenvalue weighted by Gasteiger charge is -2.08. The third kappa shape index (κ3) is 2.85. The standard InChI is InChI=1S/C10H9BrFNO3/c1-2-16-10(15)8(11)9(14)6-3-4-13-5-7(6)12/h3-5,8H,2H2,1H3. The van der Waals surface area contributed by atoms with Gasteiger partial charge in [0.25, 0.3) is 0 Å². The van der Waals surface area contributed by atoms with E-state index in [9.17, 15) is 14.0 Å². The smallest absolute Gasteiger partial charge is 0.327 e. The molecule has 6 heteroatoms. The van der Waals surface area contributed by atoms with E-state index in [1.165, 1.54) is 12.3 Å². The van der Waals surface area contributed by atoms with E-state index in [1.807, 2.05) is 0 Å². The van der Waals surface area contributed by atoms with Crippen LogP contribution in [0.15, 0.2) is 18.5 Å². The molecule has 0 amide bonds. The number of rotatable bonds is 4. The molecule has 0 aliphatic heterocycles. The molecular weight excluding hydrogens is 281 g/mol. The fourth-order valence-electron chi connectivity index (χ4n) is 1.03. The Labute approximate surface area is 99.9 Å². The van der Waals surface area contributed by atoms with Gasteiger partial charge in [0.2, 0.25) is 0 Å². The number of carbonyl (C=O) groups excluding carboxylic acids is 2. The zero-order chi connectivity index (χ0) is 12.1. The number of pyridine rings is 1. The maximum atomic E-state index is 13.2. The van der Waals surface area contributed by atoms with E-state index < -0.39 is 22.4 Å². The maximum absolute atomic E-state index is 13.2. The van der Waals surface area contributed by atoms with Gasteiger partial charge in [0.05, 0.1) is 18.4 Å². The van der Waals surface area contributed by atoms with E-state index in [1.54, 1.807) is 6.92 Å². The molecule has 1 unspecified atom stereocenters. The van der Waals surface area contributed by atoms with Crippen molar-refractivity contribution in [3.8, 4) is 0 Å². The Morgan fingerprint density at radius 1 is 1.62 bits per heavy atom. The van der Waals surface area contributed by atoms with Crippen LogP contribution in [0.25, 0.3) is 0 Å². The van der Waals surface area contributed by atoms with Crippen molar-refractivity contribution in [1.29, 1.82) is 0 Å². The second kappa shape index (κ2) is 5.69. The molecule has 1 aromatic rings. The Balaban J connectivity index is 2.86. The molecule has 1 aromatic heterocycles. The van der Waals surface area contributed by atoms with Crippen LogP contribution in [-0.4, -0.2) is 28.2 Å². The summed E-state index contributed by atoms with van der Waals surface area (Å²) in [6.45, 7) is 1.78. The van der Waals surface area contributed by atoms with Crippen molar-refractivity contribution in [1.82, 2.24) is 4.98 Å². The van der Waals surface area contributed by atoms with Crippen LogP contribution >= 0.6 is 15.9 Å². The number of nitrogens with zero attached hydrogens (tertiary/aromatic N) is 1. The third-order valence-electron chi connectivity index (χ3n) is 1.76. The van der Waals surface area contributed by atoms with E-state index in [2.05, 4.69) is 25.7 Å². The van der Waals surface area contributed by atoms with Crippen LogP contribution in [-0.2, 0) is 9.53 Å². The van der Waals surface area contributed by atoms with E-state index >= 15 is 0 Å². The van der Waals surface area contributed by atoms with Gasteiger partial charge in [0, 0.05) is 6.20 Å². The summed E-state index contributed by atoms with van der Waals surface area (Å²) < 4.78 is 17.8. The molecule has 1 heterocycles. The highest BCUT2D eigenvalue weighted by Crippen LogP contribution is 2.14. The van der Waals surface area contributed by atoms with Crippen molar-refractivity contribution in [2.45, 2.75) is 11.8 Å². The molecule has 0 saturated carbocycles. The zero-order valence-electron chi connectivity index (χ0n) is 8.44. The van der Waals surface area contributed by atoms with Crippen LogP contribution in [0, 0.1) is 5.82 Å². The van der Waals surface area contributed by atoms with Crippen molar-refractivity contribution in [2.75, 3.05) is 6.61 Å². The fraction of sp³-hybridized carbons (Fsp3) is 0.300. The highest BCUT2D eigenvalue weighted by Gasteiger charge is 2.27. The lowest BCUT2D eigenvalue weighted by atomic mass is 10.1. The summed E-state index contributed by atoms with van der Waals surface area (Å²) in [5, 5.41) is 0. The van der Waals surface area contributed by atoms with Crippen molar-refractivity contribution < 1.29 is 18.7 Å². The summed E-state index contributed by atoms with van der Waals surface area (Å²) in [6, 6.07) is 1.21. The SMILES string of the molecule is CCOC(=O)C(Br)C(=O)c1ccncc1F. The van der Waals surface area contributed by atoms with Gasteiger partial charge in [-0.3, -0.25) is 14.6 Å². The van der Waals surface area contributed by atoms with Gasteiger partial charge in [0.15, 0.2) is 16.4 Å². The number of carbonyl (C=O) groups is 2. The number of hydrogen-bond acceptors (Lipinski definition) is 4. The highest BCUT2D eigenvalue weighted by molar-refractivity contribution is 9.10. The quantitative estimate of drug-likeness (QED) is 0.367. The Hall–Kier alpha value is -1.30. The number of ether oxygens (including phenoxy) is 1. The van der Waals surface area contributed by atoms with Crippen LogP contribution < -0.4 is 0 Å². The molecular formula is C10H9BrFNO3. The first-order chi connectivity index (χ1) is 7.57. The zero-order valence-corrected chi connectivity index (χ0v) is 10.0. The Morgan fingerprint density at radius 2 is 2.31 bits per heavy atom. The van der Waals surface area contributed by atoms with Crippen molar-refractivity contribution >= 4 is 27.7 Å². The molecule has 0 aliphatic carbocycles. The summed E-state index contributed by atoms with van der Waals surface area (Å²) >= 11 is 2.87. The molecule has 0 aliphatic rings. The second-order valence-electron chi connectivity index (χ2n) is 2.83. The van der Waals surface area contributed by atoms with E-state index in [-0.39, 0.29) is 12.2 Å². The Kier molecular flexibility index (Phi) is 4.54. The first-order valence-electron chi connectivity index (χ1n) is 4.52. The minimum atomic E-state index is -1.19. The van der Waals surface area contributed by atoms with Crippen LogP contribution in [0.4, 0.5) is 4.39 Å². The average molecular weight is 290 g/mol. The number of hydrogen-bond donors (Lipinski definition) is 0. The summed E-state index contributed by atoms with van der Waals surface area (Å²) in [4.78, 5) is 25.2. The molecule has 0 radical (unpaired) electrons. The first kappa shape index (κ1) is 12.8. The van der Waals surface area contributed by atoms with Crippen LogP contribution in [0.5, 0.6) is 0 Å². The number of halogens is 2. The van der Waals surface area contributed by atoms with Crippen LogP contribution in [0.3, 0.4) is 0 Å². The molecule has 0 bridgehead atoms. The summed E-state index contributed by atoms with van der Waals surface area (Å²) in [5.41, 5.74) is -0.190. The third-order valence-corrected chi connectivity index (χ3v) is 2.55. The van der Waals surface area contributed by atoms with Gasteiger partial charge in [-0.2, -0.15) is 0 Å². The fourth-order valence-corrected chi connectivity index (χ4v) is 1.41. The molecule has 0 N–H and O–H groups in total. The van der Waals surface area contributed by atoms with Crippen molar-refractivity contribution in [3.05, 3.63) is 29.8 Å². The van der Waals surface area contributed by atoms with Crippen molar-refractivity contribution in [2.24, 2.45) is 0 Å². The molecule has 86 valence electrons. The predicted octanol–water partition coefficient (Wildman–Crippen LogP) is 1.73. The number of Topliss-reactive ketones (excluding diaryl/α,β-unsaturated/α-hetero) is 1. The Bertz CT molecular complexity index is 411. The predicted molar refractivity (Wildman–Crippen MR) is 57.9 cm³/mol. The van der Waals surface area contributed by atoms with Crippen molar-refractivity contribution in [3.63, 3.8) is 0 Å². The minimum absolute atomic E-state index is 0.160. The van der Waals surface area contributed by atoms with Gasteiger partial charge in [-0.05, 0) is 13.0 Å². The number of ketones is 1. The first-order valence-corrected chi connectivity index (χ1v) is 5.44. The summed E-state index contributed by atoms with van der Waals surface area (Å²) in [7, 11) is 0. The summed E-state index contributed by atoms with van der Waals surface area (Å²) in [5.74, 6) is -2.18. The van der Waals surface area contributed by atoms with E-state index in [0.29, 0.717) is 0 Å². The minimum Gasteiger partial charge on any atom is -0.465 e. The monoisotopic (exact) mass is 289 g/mol. The van der Waals surface area contributed by atoms with E-state index in [4.69, 9.17) is 0 Å². The molecule has 0 saturated heterocycles. The Morgan fingerprint density at radius 3 is 2.88 bits per heavy atom. The molecule has 4 nitrogen and oxygen atoms in total. The molecule has 16 heavy (non-hydrogen) atoms.